The van der Waals surface area contributed by atoms with Crippen LogP contribution in [0.4, 0.5) is 0 Å². The van der Waals surface area contributed by atoms with Crippen LogP contribution in [0.15, 0.2) is 54.6 Å². The van der Waals surface area contributed by atoms with E-state index in [4.69, 9.17) is 4.74 Å². The van der Waals surface area contributed by atoms with Gasteiger partial charge in [-0.2, -0.15) is 0 Å². The minimum Gasteiger partial charge on any atom is -0.854 e. The minimum atomic E-state index is -0.00768. The first-order valence-corrected chi connectivity index (χ1v) is 6.22. The molecule has 0 aliphatic rings. The summed E-state index contributed by atoms with van der Waals surface area (Å²) in [5, 5.41) is 10.4. The van der Waals surface area contributed by atoms with Crippen molar-refractivity contribution in [2.45, 2.75) is 19.4 Å². The van der Waals surface area contributed by atoms with Crippen LogP contribution < -0.4 is 28.7 Å². The summed E-state index contributed by atoms with van der Waals surface area (Å²) in [6, 6.07) is 18.1. The molecule has 0 spiro atoms. The maximum atomic E-state index is 10.4. The molecule has 0 aliphatic carbocycles. The Hall–Kier alpha value is -1.20. The Labute approximate surface area is 126 Å². The van der Waals surface area contributed by atoms with E-state index in [1.807, 2.05) is 54.6 Å². The van der Waals surface area contributed by atoms with Crippen molar-refractivity contribution >= 4 is 0 Å². The predicted molar refractivity (Wildman–Crippen MR) is 70.4 cm³/mol. The molecule has 0 N–H and O–H groups in total. The standard InChI is InChI=1S/C16H17O2.Li/c17-12-4-7-14-8-10-16(11-9-14)18-13-15-5-2-1-3-6-15;/h1-3,5-6,8-11H,4,7,12-13H2;/q-1;+1. The topological polar surface area (TPSA) is 32.3 Å². The van der Waals surface area contributed by atoms with Crippen LogP contribution >= 0.6 is 0 Å². The van der Waals surface area contributed by atoms with Crippen molar-refractivity contribution in [2.75, 3.05) is 6.61 Å². The number of hydrogen-bond acceptors (Lipinski definition) is 2. The van der Waals surface area contributed by atoms with E-state index in [2.05, 4.69) is 0 Å². The minimum absolute atomic E-state index is 0. The molecule has 0 bridgehead atoms. The summed E-state index contributed by atoms with van der Waals surface area (Å²) in [6.45, 7) is 0.576. The molecule has 0 fully saturated rings. The number of rotatable bonds is 6. The van der Waals surface area contributed by atoms with Gasteiger partial charge in [-0.15, -0.1) is 6.61 Å². The summed E-state index contributed by atoms with van der Waals surface area (Å²) in [6.07, 6.45) is 1.55. The Bertz CT molecular complexity index is 454. The van der Waals surface area contributed by atoms with E-state index >= 15 is 0 Å². The maximum absolute atomic E-state index is 10.4. The zero-order chi connectivity index (χ0) is 12.6. The third-order valence-corrected chi connectivity index (χ3v) is 2.78. The van der Waals surface area contributed by atoms with Gasteiger partial charge in [0.2, 0.25) is 0 Å². The van der Waals surface area contributed by atoms with Gasteiger partial charge in [-0.05, 0) is 29.7 Å². The van der Waals surface area contributed by atoms with Crippen molar-refractivity contribution in [2.24, 2.45) is 0 Å². The van der Waals surface area contributed by atoms with Gasteiger partial charge in [0, 0.05) is 0 Å². The van der Waals surface area contributed by atoms with Crippen molar-refractivity contribution < 1.29 is 28.7 Å². The summed E-state index contributed by atoms with van der Waals surface area (Å²) in [7, 11) is 0. The normalized spacial score (nSPS) is 9.74. The van der Waals surface area contributed by atoms with Crippen molar-refractivity contribution in [3.05, 3.63) is 65.7 Å². The van der Waals surface area contributed by atoms with Crippen molar-refractivity contribution in [3.63, 3.8) is 0 Å². The van der Waals surface area contributed by atoms with Crippen LogP contribution in [0.2, 0.25) is 0 Å². The second-order valence-corrected chi connectivity index (χ2v) is 4.23. The fourth-order valence-corrected chi connectivity index (χ4v) is 1.77. The summed E-state index contributed by atoms with van der Waals surface area (Å²) in [4.78, 5) is 0. The number of ether oxygens (including phenoxy) is 1. The fraction of sp³-hybridized carbons (Fsp3) is 0.250. The van der Waals surface area contributed by atoms with Crippen LogP contribution in [-0.2, 0) is 13.0 Å². The van der Waals surface area contributed by atoms with Crippen LogP contribution in [-0.4, -0.2) is 6.61 Å². The molecule has 0 aliphatic heterocycles. The first-order valence-electron chi connectivity index (χ1n) is 6.22. The van der Waals surface area contributed by atoms with Crippen molar-refractivity contribution in [1.29, 1.82) is 0 Å². The summed E-state index contributed by atoms with van der Waals surface area (Å²) in [5.74, 6) is 0.865. The summed E-state index contributed by atoms with van der Waals surface area (Å²) < 4.78 is 5.69. The Morgan fingerprint density at radius 3 is 2.16 bits per heavy atom. The van der Waals surface area contributed by atoms with Crippen LogP contribution in [0.3, 0.4) is 0 Å². The number of hydrogen-bond donors (Lipinski definition) is 0. The number of benzene rings is 2. The van der Waals surface area contributed by atoms with E-state index in [-0.39, 0.29) is 25.5 Å². The second kappa shape index (κ2) is 8.82. The second-order valence-electron chi connectivity index (χ2n) is 4.23. The van der Waals surface area contributed by atoms with Crippen LogP contribution in [0.1, 0.15) is 17.5 Å². The Morgan fingerprint density at radius 2 is 1.53 bits per heavy atom. The van der Waals surface area contributed by atoms with Crippen molar-refractivity contribution in [1.82, 2.24) is 0 Å². The van der Waals surface area contributed by atoms with Gasteiger partial charge in [-0.1, -0.05) is 48.9 Å². The molecule has 2 aromatic rings. The molecular formula is C16H17LiO2. The maximum Gasteiger partial charge on any atom is 1.00 e. The van der Waals surface area contributed by atoms with Gasteiger partial charge in [-0.25, -0.2) is 0 Å². The van der Waals surface area contributed by atoms with Crippen LogP contribution in [0.5, 0.6) is 5.75 Å². The Morgan fingerprint density at radius 1 is 0.842 bits per heavy atom. The largest absolute Gasteiger partial charge is 1.00 e. The summed E-state index contributed by atoms with van der Waals surface area (Å²) in [5.41, 5.74) is 2.35. The van der Waals surface area contributed by atoms with E-state index in [9.17, 15) is 5.11 Å². The molecule has 19 heavy (non-hydrogen) atoms. The van der Waals surface area contributed by atoms with Gasteiger partial charge in [0.15, 0.2) is 0 Å². The third kappa shape index (κ3) is 5.53. The summed E-state index contributed by atoms with van der Waals surface area (Å²) >= 11 is 0. The van der Waals surface area contributed by atoms with Gasteiger partial charge in [0.25, 0.3) is 0 Å². The van der Waals surface area contributed by atoms with Gasteiger partial charge in [-0.3, -0.25) is 0 Å². The van der Waals surface area contributed by atoms with E-state index < -0.39 is 0 Å². The van der Waals surface area contributed by atoms with E-state index in [1.54, 1.807) is 0 Å². The van der Waals surface area contributed by atoms with Crippen molar-refractivity contribution in [3.8, 4) is 5.75 Å². The molecule has 0 saturated heterocycles. The molecule has 2 aromatic carbocycles. The smallest absolute Gasteiger partial charge is 0.854 e. The molecule has 3 heteroatoms. The molecule has 0 aromatic heterocycles. The van der Waals surface area contributed by atoms with E-state index in [0.29, 0.717) is 13.0 Å². The molecule has 2 rings (SSSR count). The average Bonchev–Trinajstić information content (AvgIpc) is 2.45. The predicted octanol–water partition coefficient (Wildman–Crippen LogP) is -0.437. The SMILES string of the molecule is [Li+].[O-]CCCc1ccc(OCc2ccccc2)cc1. The quantitative estimate of drug-likeness (QED) is 0.649. The first kappa shape index (κ1) is 15.9. The van der Waals surface area contributed by atoms with Crippen LogP contribution in [0.25, 0.3) is 0 Å². The molecule has 0 radical (unpaired) electrons. The monoisotopic (exact) mass is 248 g/mol. The zero-order valence-corrected chi connectivity index (χ0v) is 11.3. The Kier molecular flexibility index (Phi) is 7.36. The number of aryl methyl sites for hydroxylation is 1. The molecular weight excluding hydrogens is 231 g/mol. The van der Waals surface area contributed by atoms with Gasteiger partial charge < -0.3 is 9.84 Å². The van der Waals surface area contributed by atoms with E-state index in [0.717, 1.165) is 17.7 Å². The molecule has 0 unspecified atom stereocenters. The molecule has 0 amide bonds. The molecule has 0 saturated carbocycles. The van der Waals surface area contributed by atoms with Gasteiger partial charge in [0.05, 0.1) is 0 Å². The molecule has 2 nitrogen and oxygen atoms in total. The zero-order valence-electron chi connectivity index (χ0n) is 11.3. The fourth-order valence-electron chi connectivity index (χ4n) is 1.77. The molecule has 0 atom stereocenters. The van der Waals surface area contributed by atoms with Crippen LogP contribution in [0, 0.1) is 0 Å². The molecule has 94 valence electrons. The molecule has 0 heterocycles. The third-order valence-electron chi connectivity index (χ3n) is 2.78. The van der Waals surface area contributed by atoms with Gasteiger partial charge >= 0.3 is 18.9 Å². The van der Waals surface area contributed by atoms with E-state index in [1.165, 1.54) is 5.56 Å². The Balaban J connectivity index is 0.00000180. The van der Waals surface area contributed by atoms with Gasteiger partial charge in [0.1, 0.15) is 12.4 Å². The first-order chi connectivity index (χ1) is 8.88. The average molecular weight is 248 g/mol.